The standard InChI is InChI=1S/C11H21N3/c1-5-6-12-7-8-14-11(4)9(2)10(3)13-14/h12H,5-8H2,1-4H3. The van der Waals surface area contributed by atoms with E-state index in [4.69, 9.17) is 0 Å². The van der Waals surface area contributed by atoms with Gasteiger partial charge in [-0.1, -0.05) is 6.92 Å². The molecule has 1 rings (SSSR count). The third kappa shape index (κ3) is 2.58. The highest BCUT2D eigenvalue weighted by molar-refractivity contribution is 5.21. The van der Waals surface area contributed by atoms with E-state index in [1.807, 2.05) is 0 Å². The Morgan fingerprint density at radius 1 is 1.21 bits per heavy atom. The van der Waals surface area contributed by atoms with Crippen molar-refractivity contribution >= 4 is 0 Å². The number of hydrogen-bond donors (Lipinski definition) is 1. The molecule has 0 amide bonds. The summed E-state index contributed by atoms with van der Waals surface area (Å²) in [7, 11) is 0. The van der Waals surface area contributed by atoms with Crippen LogP contribution in [-0.2, 0) is 6.54 Å². The maximum absolute atomic E-state index is 4.48. The summed E-state index contributed by atoms with van der Waals surface area (Å²) in [5, 5.41) is 7.86. The molecule has 3 nitrogen and oxygen atoms in total. The molecule has 0 aliphatic rings. The molecule has 1 heterocycles. The van der Waals surface area contributed by atoms with Crippen molar-refractivity contribution in [3.8, 4) is 0 Å². The summed E-state index contributed by atoms with van der Waals surface area (Å²) in [4.78, 5) is 0. The third-order valence-electron chi connectivity index (χ3n) is 2.67. The van der Waals surface area contributed by atoms with Crippen molar-refractivity contribution in [3.05, 3.63) is 17.0 Å². The Bertz CT molecular complexity index is 289. The number of nitrogens with zero attached hydrogens (tertiary/aromatic N) is 2. The zero-order valence-corrected chi connectivity index (χ0v) is 9.72. The lowest BCUT2D eigenvalue weighted by atomic mass is 10.2. The van der Waals surface area contributed by atoms with E-state index >= 15 is 0 Å². The second-order valence-corrected chi connectivity index (χ2v) is 3.77. The lowest BCUT2D eigenvalue weighted by Crippen LogP contribution is -2.21. The average molecular weight is 195 g/mol. The van der Waals surface area contributed by atoms with Crippen molar-refractivity contribution in [2.45, 2.75) is 40.7 Å². The Morgan fingerprint density at radius 3 is 2.43 bits per heavy atom. The van der Waals surface area contributed by atoms with Crippen molar-refractivity contribution in [1.29, 1.82) is 0 Å². The molecule has 0 aliphatic heterocycles. The van der Waals surface area contributed by atoms with Crippen molar-refractivity contribution in [2.24, 2.45) is 0 Å². The van der Waals surface area contributed by atoms with E-state index in [1.54, 1.807) is 0 Å². The van der Waals surface area contributed by atoms with E-state index in [2.05, 4.69) is 42.8 Å². The molecule has 0 radical (unpaired) electrons. The van der Waals surface area contributed by atoms with Gasteiger partial charge >= 0.3 is 0 Å². The van der Waals surface area contributed by atoms with Crippen molar-refractivity contribution in [2.75, 3.05) is 13.1 Å². The third-order valence-corrected chi connectivity index (χ3v) is 2.67. The van der Waals surface area contributed by atoms with Gasteiger partial charge in [0.2, 0.25) is 0 Å². The smallest absolute Gasteiger partial charge is 0.0625 e. The van der Waals surface area contributed by atoms with Crippen LogP contribution in [0, 0.1) is 20.8 Å². The Hall–Kier alpha value is -0.830. The van der Waals surface area contributed by atoms with Crippen LogP contribution < -0.4 is 5.32 Å². The zero-order valence-electron chi connectivity index (χ0n) is 9.72. The van der Waals surface area contributed by atoms with E-state index in [0.717, 1.165) is 25.3 Å². The summed E-state index contributed by atoms with van der Waals surface area (Å²) in [6.45, 7) is 11.6. The minimum Gasteiger partial charge on any atom is -0.315 e. The number of aryl methyl sites for hydroxylation is 1. The van der Waals surface area contributed by atoms with Gasteiger partial charge in [0.1, 0.15) is 0 Å². The van der Waals surface area contributed by atoms with E-state index in [-0.39, 0.29) is 0 Å². The van der Waals surface area contributed by atoms with Crippen LogP contribution in [-0.4, -0.2) is 22.9 Å². The second kappa shape index (κ2) is 5.15. The Morgan fingerprint density at radius 2 is 1.93 bits per heavy atom. The van der Waals surface area contributed by atoms with E-state index in [0.29, 0.717) is 0 Å². The van der Waals surface area contributed by atoms with Crippen LogP contribution in [0.3, 0.4) is 0 Å². The van der Waals surface area contributed by atoms with Gasteiger partial charge in [-0.15, -0.1) is 0 Å². The molecule has 3 heteroatoms. The highest BCUT2D eigenvalue weighted by atomic mass is 15.3. The molecule has 0 bridgehead atoms. The summed E-state index contributed by atoms with van der Waals surface area (Å²) >= 11 is 0. The monoisotopic (exact) mass is 195 g/mol. The first-order valence-corrected chi connectivity index (χ1v) is 5.38. The number of aromatic nitrogens is 2. The van der Waals surface area contributed by atoms with E-state index < -0.39 is 0 Å². The van der Waals surface area contributed by atoms with Gasteiger partial charge in [-0.05, 0) is 39.3 Å². The second-order valence-electron chi connectivity index (χ2n) is 3.77. The molecule has 14 heavy (non-hydrogen) atoms. The van der Waals surface area contributed by atoms with Crippen molar-refractivity contribution in [3.63, 3.8) is 0 Å². The molecular weight excluding hydrogens is 174 g/mol. The molecular formula is C11H21N3. The SMILES string of the molecule is CCCNCCn1nc(C)c(C)c1C. The van der Waals surface area contributed by atoms with Crippen molar-refractivity contribution < 1.29 is 0 Å². The molecule has 0 fully saturated rings. The summed E-state index contributed by atoms with van der Waals surface area (Å²) in [5.41, 5.74) is 3.76. The summed E-state index contributed by atoms with van der Waals surface area (Å²) in [6, 6.07) is 0. The predicted octanol–water partition coefficient (Wildman–Crippen LogP) is 1.81. The molecule has 80 valence electrons. The number of nitrogens with one attached hydrogen (secondary N) is 1. The molecule has 1 N–H and O–H groups in total. The summed E-state index contributed by atoms with van der Waals surface area (Å²) in [5.74, 6) is 0. The van der Waals surface area contributed by atoms with Crippen LogP contribution in [0.15, 0.2) is 0 Å². The highest BCUT2D eigenvalue weighted by Gasteiger charge is 2.05. The van der Waals surface area contributed by atoms with Gasteiger partial charge in [0, 0.05) is 12.2 Å². The lowest BCUT2D eigenvalue weighted by molar-refractivity contribution is 0.541. The van der Waals surface area contributed by atoms with Crippen LogP contribution in [0.2, 0.25) is 0 Å². The Kier molecular flexibility index (Phi) is 4.14. The average Bonchev–Trinajstić information content (AvgIpc) is 2.41. The van der Waals surface area contributed by atoms with Crippen molar-refractivity contribution in [1.82, 2.24) is 15.1 Å². The minimum atomic E-state index is 0.973. The number of rotatable bonds is 5. The van der Waals surface area contributed by atoms with Gasteiger partial charge in [0.05, 0.1) is 12.2 Å². The van der Waals surface area contributed by atoms with E-state index in [9.17, 15) is 0 Å². The van der Waals surface area contributed by atoms with Gasteiger partial charge in [-0.2, -0.15) is 5.10 Å². The van der Waals surface area contributed by atoms with Crippen LogP contribution >= 0.6 is 0 Å². The van der Waals surface area contributed by atoms with Crippen LogP contribution in [0.1, 0.15) is 30.3 Å². The summed E-state index contributed by atoms with van der Waals surface area (Å²) < 4.78 is 2.09. The highest BCUT2D eigenvalue weighted by Crippen LogP contribution is 2.09. The molecule has 0 spiro atoms. The molecule has 0 aliphatic carbocycles. The summed E-state index contributed by atoms with van der Waals surface area (Å²) in [6.07, 6.45) is 1.19. The zero-order chi connectivity index (χ0) is 10.6. The Balaban J connectivity index is 2.47. The largest absolute Gasteiger partial charge is 0.315 e. The van der Waals surface area contributed by atoms with Gasteiger partial charge in [-0.3, -0.25) is 4.68 Å². The predicted molar refractivity (Wildman–Crippen MR) is 59.6 cm³/mol. The lowest BCUT2D eigenvalue weighted by Gasteiger charge is -2.05. The maximum atomic E-state index is 4.48. The maximum Gasteiger partial charge on any atom is 0.0625 e. The molecule has 0 saturated heterocycles. The van der Waals surface area contributed by atoms with Gasteiger partial charge in [-0.25, -0.2) is 0 Å². The molecule has 1 aromatic heterocycles. The normalized spacial score (nSPS) is 10.9. The first kappa shape index (κ1) is 11.2. The molecule has 0 aromatic carbocycles. The minimum absolute atomic E-state index is 0.973. The molecule has 1 aromatic rings. The van der Waals surface area contributed by atoms with Gasteiger partial charge in [0.15, 0.2) is 0 Å². The van der Waals surface area contributed by atoms with Crippen LogP contribution in [0.4, 0.5) is 0 Å². The quantitative estimate of drug-likeness (QED) is 0.726. The molecule has 0 atom stereocenters. The molecule has 0 saturated carbocycles. The topological polar surface area (TPSA) is 29.9 Å². The van der Waals surface area contributed by atoms with Gasteiger partial charge in [0.25, 0.3) is 0 Å². The van der Waals surface area contributed by atoms with E-state index in [1.165, 1.54) is 17.7 Å². The van der Waals surface area contributed by atoms with Gasteiger partial charge < -0.3 is 5.32 Å². The fourth-order valence-corrected chi connectivity index (χ4v) is 1.49. The van der Waals surface area contributed by atoms with Crippen LogP contribution in [0.25, 0.3) is 0 Å². The van der Waals surface area contributed by atoms with Crippen LogP contribution in [0.5, 0.6) is 0 Å². The number of hydrogen-bond acceptors (Lipinski definition) is 2. The fraction of sp³-hybridized carbons (Fsp3) is 0.727. The first-order valence-electron chi connectivity index (χ1n) is 5.38. The first-order chi connectivity index (χ1) is 6.66. The fourth-order valence-electron chi connectivity index (χ4n) is 1.49. The Labute approximate surface area is 86.5 Å². The molecule has 0 unspecified atom stereocenters.